The van der Waals surface area contributed by atoms with Crippen LogP contribution in [-0.2, 0) is 12.9 Å². The van der Waals surface area contributed by atoms with Gasteiger partial charge in [0.05, 0.1) is 5.56 Å². The molecule has 1 atom stereocenters. The molecular weight excluding hydrogens is 344 g/mol. The van der Waals surface area contributed by atoms with Gasteiger partial charge < -0.3 is 4.42 Å². The molecule has 1 aliphatic heterocycles. The van der Waals surface area contributed by atoms with E-state index in [1.54, 1.807) is 13.1 Å². The van der Waals surface area contributed by atoms with Crippen LogP contribution in [0.1, 0.15) is 64.1 Å². The Labute approximate surface area is 174 Å². The van der Waals surface area contributed by atoms with Crippen molar-refractivity contribution in [2.45, 2.75) is 53.4 Å². The standard InChI is InChI=1S/C25H27N2O/c1-14(2)10-18-13-27-12-17-6-7-19-20-8-9-21(15(3)4)26-25(20)28-24(19)23(17)22(27)11-16(18)5/h6-9,11,13-15H,10,12H2,1-5H3/q+1/i1D3,10D2,14D. The van der Waals surface area contributed by atoms with E-state index in [0.29, 0.717) is 17.8 Å². The van der Waals surface area contributed by atoms with Crippen LogP contribution in [-0.4, -0.2) is 4.98 Å². The molecule has 0 saturated heterocycles. The molecule has 28 heavy (non-hydrogen) atoms. The van der Waals surface area contributed by atoms with Crippen molar-refractivity contribution < 1.29 is 17.2 Å². The zero-order valence-corrected chi connectivity index (χ0v) is 16.6. The highest BCUT2D eigenvalue weighted by molar-refractivity contribution is 6.09. The van der Waals surface area contributed by atoms with E-state index in [2.05, 4.69) is 19.9 Å². The monoisotopic (exact) mass is 377 g/mol. The van der Waals surface area contributed by atoms with Crippen molar-refractivity contribution in [2.75, 3.05) is 0 Å². The molecule has 142 valence electrons. The lowest BCUT2D eigenvalue weighted by Crippen LogP contribution is -2.33. The van der Waals surface area contributed by atoms with Gasteiger partial charge in [0.15, 0.2) is 18.3 Å². The third-order valence-corrected chi connectivity index (χ3v) is 5.50. The fraction of sp³-hybridized carbons (Fsp3) is 0.360. The third kappa shape index (κ3) is 2.56. The highest BCUT2D eigenvalue weighted by Crippen LogP contribution is 2.39. The summed E-state index contributed by atoms with van der Waals surface area (Å²) in [5, 5.41) is 1.93. The highest BCUT2D eigenvalue weighted by Gasteiger charge is 2.31. The second-order valence-electron chi connectivity index (χ2n) is 7.96. The Morgan fingerprint density at radius 1 is 1.25 bits per heavy atom. The number of benzene rings is 1. The van der Waals surface area contributed by atoms with Crippen molar-refractivity contribution in [3.05, 3.63) is 58.9 Å². The Balaban J connectivity index is 1.70. The Morgan fingerprint density at radius 2 is 2.07 bits per heavy atom. The molecule has 0 saturated carbocycles. The van der Waals surface area contributed by atoms with Gasteiger partial charge in [-0.3, -0.25) is 0 Å². The molecule has 3 nitrogen and oxygen atoms in total. The molecule has 0 aliphatic carbocycles. The zero-order chi connectivity index (χ0) is 24.8. The van der Waals surface area contributed by atoms with Gasteiger partial charge in [-0.25, -0.2) is 4.98 Å². The van der Waals surface area contributed by atoms with Gasteiger partial charge in [-0.2, -0.15) is 4.57 Å². The van der Waals surface area contributed by atoms with Crippen LogP contribution in [0.25, 0.3) is 33.3 Å². The first kappa shape index (κ1) is 12.0. The van der Waals surface area contributed by atoms with Crippen LogP contribution in [0.15, 0.2) is 40.9 Å². The molecule has 4 heterocycles. The maximum Gasteiger partial charge on any atom is 0.227 e. The first-order valence-corrected chi connectivity index (χ1v) is 9.64. The summed E-state index contributed by atoms with van der Waals surface area (Å²) in [6.07, 6.45) is -0.724. The maximum atomic E-state index is 8.63. The molecule has 0 bridgehead atoms. The molecule has 0 N–H and O–H groups in total. The third-order valence-electron chi connectivity index (χ3n) is 5.50. The van der Waals surface area contributed by atoms with Gasteiger partial charge in [0.25, 0.3) is 0 Å². The number of hydrogen-bond acceptors (Lipinski definition) is 2. The van der Waals surface area contributed by atoms with Crippen LogP contribution >= 0.6 is 0 Å². The van der Waals surface area contributed by atoms with E-state index < -0.39 is 19.1 Å². The van der Waals surface area contributed by atoms with Gasteiger partial charge in [-0.1, -0.05) is 33.7 Å². The molecule has 1 aromatic carbocycles. The van der Waals surface area contributed by atoms with E-state index in [4.69, 9.17) is 17.6 Å². The summed E-state index contributed by atoms with van der Waals surface area (Å²) < 4.78 is 57.0. The van der Waals surface area contributed by atoms with Crippen molar-refractivity contribution in [3.63, 3.8) is 0 Å². The predicted octanol–water partition coefficient (Wildman–Crippen LogP) is 5.93. The van der Waals surface area contributed by atoms with Gasteiger partial charge >= 0.3 is 0 Å². The van der Waals surface area contributed by atoms with Crippen LogP contribution in [0.3, 0.4) is 0 Å². The number of aromatic nitrogens is 2. The predicted molar refractivity (Wildman–Crippen MR) is 114 cm³/mol. The van der Waals surface area contributed by atoms with E-state index in [1.165, 1.54) is 0 Å². The summed E-state index contributed by atoms with van der Waals surface area (Å²) in [5.41, 5.74) is 5.98. The minimum Gasteiger partial charge on any atom is -0.437 e. The molecule has 1 unspecified atom stereocenters. The number of rotatable bonds is 3. The van der Waals surface area contributed by atoms with Crippen molar-refractivity contribution in [2.24, 2.45) is 5.89 Å². The van der Waals surface area contributed by atoms with Crippen LogP contribution < -0.4 is 4.57 Å². The SMILES string of the molecule is [2H]C([2H])([2H])C([2H])(C)C([2H])([2H])c1c[n+]2c(cc1C)-c1c(ccc3c1oc1nc(C(C)C)ccc13)C2. The zero-order valence-electron chi connectivity index (χ0n) is 22.6. The summed E-state index contributed by atoms with van der Waals surface area (Å²) in [7, 11) is 0. The largest absolute Gasteiger partial charge is 0.437 e. The fourth-order valence-corrected chi connectivity index (χ4v) is 4.07. The summed E-state index contributed by atoms with van der Waals surface area (Å²) in [6.45, 7) is 4.81. The minimum absolute atomic E-state index is 0.210. The summed E-state index contributed by atoms with van der Waals surface area (Å²) in [4.78, 5) is 4.71. The average Bonchev–Trinajstić information content (AvgIpc) is 3.28. The summed E-state index contributed by atoms with van der Waals surface area (Å²) >= 11 is 0. The Hall–Kier alpha value is -2.68. The molecular formula is C25H27N2O+. The van der Waals surface area contributed by atoms with Crippen molar-refractivity contribution in [1.29, 1.82) is 0 Å². The van der Waals surface area contributed by atoms with Crippen molar-refractivity contribution >= 4 is 22.1 Å². The number of fused-ring (bicyclic) bond motifs is 7. The minimum atomic E-state index is -2.78. The van der Waals surface area contributed by atoms with E-state index in [1.807, 2.05) is 28.8 Å². The van der Waals surface area contributed by atoms with E-state index in [-0.39, 0.29) is 11.5 Å². The highest BCUT2D eigenvalue weighted by atomic mass is 16.3. The molecule has 0 spiro atoms. The van der Waals surface area contributed by atoms with Crippen LogP contribution in [0.2, 0.25) is 0 Å². The second kappa shape index (κ2) is 6.16. The smallest absolute Gasteiger partial charge is 0.227 e. The molecule has 0 amide bonds. The van der Waals surface area contributed by atoms with Crippen LogP contribution in [0, 0.1) is 12.8 Å². The first-order valence-electron chi connectivity index (χ1n) is 12.6. The Bertz CT molecular complexity index is 1470. The molecule has 5 rings (SSSR count). The molecule has 4 aromatic rings. The fourth-order valence-electron chi connectivity index (χ4n) is 4.07. The molecule has 3 aromatic heterocycles. The van der Waals surface area contributed by atoms with Gasteiger partial charge in [0, 0.05) is 41.9 Å². The van der Waals surface area contributed by atoms with Gasteiger partial charge in [0.2, 0.25) is 11.4 Å². The Morgan fingerprint density at radius 3 is 2.86 bits per heavy atom. The van der Waals surface area contributed by atoms with Gasteiger partial charge in [-0.05, 0) is 48.9 Å². The number of furan rings is 1. The first-order chi connectivity index (χ1) is 15.7. The summed E-state index contributed by atoms with van der Waals surface area (Å²) in [5.74, 6) is -2.02. The molecule has 0 radical (unpaired) electrons. The van der Waals surface area contributed by atoms with Gasteiger partial charge in [-0.15, -0.1) is 0 Å². The van der Waals surface area contributed by atoms with E-state index in [9.17, 15) is 0 Å². The van der Waals surface area contributed by atoms with Crippen molar-refractivity contribution in [3.8, 4) is 11.3 Å². The topological polar surface area (TPSA) is 29.9 Å². The quantitative estimate of drug-likeness (QED) is 0.365. The van der Waals surface area contributed by atoms with E-state index in [0.717, 1.165) is 45.8 Å². The number of hydrogen-bond donors (Lipinski definition) is 0. The molecule has 3 heteroatoms. The molecule has 0 fully saturated rings. The van der Waals surface area contributed by atoms with Crippen molar-refractivity contribution in [1.82, 2.24) is 4.98 Å². The number of nitrogens with zero attached hydrogens (tertiary/aromatic N) is 2. The lowest BCUT2D eigenvalue weighted by Gasteiger charge is -2.07. The second-order valence-corrected chi connectivity index (χ2v) is 7.96. The van der Waals surface area contributed by atoms with Gasteiger partial charge in [0.1, 0.15) is 0 Å². The summed E-state index contributed by atoms with van der Waals surface area (Å²) in [6, 6.07) is 10.0. The number of aryl methyl sites for hydroxylation is 1. The molecule has 1 aliphatic rings. The lowest BCUT2D eigenvalue weighted by molar-refractivity contribution is -0.672. The number of pyridine rings is 2. The van der Waals surface area contributed by atoms with Crippen LogP contribution in [0.5, 0.6) is 0 Å². The van der Waals surface area contributed by atoms with E-state index >= 15 is 0 Å². The average molecular weight is 378 g/mol. The maximum absolute atomic E-state index is 8.63. The normalized spacial score (nSPS) is 19.3. The Kier molecular flexibility index (Phi) is 2.64. The van der Waals surface area contributed by atoms with Crippen LogP contribution in [0.4, 0.5) is 0 Å². The lowest BCUT2D eigenvalue weighted by atomic mass is 9.98.